The molecule has 0 aromatic heterocycles. The van der Waals surface area contributed by atoms with E-state index in [1.165, 1.54) is 32.1 Å². The Kier molecular flexibility index (Phi) is 6.14. The van der Waals surface area contributed by atoms with Crippen LogP contribution in [0.25, 0.3) is 0 Å². The molecule has 1 unspecified atom stereocenters. The Morgan fingerprint density at radius 1 is 0.833 bits per heavy atom. The number of hydrogen-bond donors (Lipinski definition) is 0. The number of carbonyl (C=O) groups excluding carboxylic acids is 2. The summed E-state index contributed by atoms with van der Waals surface area (Å²) in [5.41, 5.74) is 0. The van der Waals surface area contributed by atoms with Crippen LogP contribution in [0, 0.1) is 5.92 Å². The minimum atomic E-state index is 0.0597. The molecule has 136 valence electrons. The number of piperidine rings is 1. The van der Waals surface area contributed by atoms with E-state index in [1.54, 1.807) is 0 Å². The third kappa shape index (κ3) is 3.93. The summed E-state index contributed by atoms with van der Waals surface area (Å²) in [6, 6.07) is 0.0597. The molecule has 1 aliphatic carbocycles. The van der Waals surface area contributed by atoms with Crippen LogP contribution in [0.5, 0.6) is 0 Å². The summed E-state index contributed by atoms with van der Waals surface area (Å²) in [6.07, 6.45) is 9.07. The summed E-state index contributed by atoms with van der Waals surface area (Å²) < 4.78 is 0. The van der Waals surface area contributed by atoms with Crippen LogP contribution in [0.2, 0.25) is 0 Å². The van der Waals surface area contributed by atoms with Gasteiger partial charge in [-0.05, 0) is 38.0 Å². The fourth-order valence-corrected chi connectivity index (χ4v) is 4.70. The molecule has 3 fully saturated rings. The maximum Gasteiger partial charge on any atom is 0.240 e. The van der Waals surface area contributed by atoms with E-state index in [0.29, 0.717) is 18.2 Å². The fraction of sp³-hybridized carbons (Fsp3) is 0.895. The lowest BCUT2D eigenvalue weighted by atomic mass is 9.93. The predicted octanol–water partition coefficient (Wildman–Crippen LogP) is 2.11. The van der Waals surface area contributed by atoms with Crippen LogP contribution in [0.4, 0.5) is 0 Å². The largest absolute Gasteiger partial charge is 0.341 e. The topological polar surface area (TPSA) is 43.9 Å². The summed E-state index contributed by atoms with van der Waals surface area (Å²) in [4.78, 5) is 31.7. The van der Waals surface area contributed by atoms with Gasteiger partial charge in [-0.25, -0.2) is 0 Å². The Hall–Kier alpha value is -1.10. The Bertz CT molecular complexity index is 434. The van der Waals surface area contributed by atoms with Crippen LogP contribution in [0.3, 0.4) is 0 Å². The number of amides is 2. The highest BCUT2D eigenvalue weighted by Crippen LogP contribution is 2.32. The highest BCUT2D eigenvalue weighted by molar-refractivity contribution is 5.82. The van der Waals surface area contributed by atoms with E-state index >= 15 is 0 Å². The maximum atomic E-state index is 13.3. The molecule has 5 nitrogen and oxygen atoms in total. The molecule has 24 heavy (non-hydrogen) atoms. The smallest absolute Gasteiger partial charge is 0.240 e. The SMILES string of the molecule is CCC(=O)N1CCN(C(C(=O)N2CCCCC2)C2CCCC2)CC1. The Morgan fingerprint density at radius 2 is 1.46 bits per heavy atom. The first-order valence-electron chi connectivity index (χ1n) is 10.0. The second kappa shape index (κ2) is 8.32. The van der Waals surface area contributed by atoms with Gasteiger partial charge in [0.25, 0.3) is 0 Å². The zero-order valence-electron chi connectivity index (χ0n) is 15.2. The Balaban J connectivity index is 1.66. The van der Waals surface area contributed by atoms with Crippen LogP contribution in [0.1, 0.15) is 58.3 Å². The summed E-state index contributed by atoms with van der Waals surface area (Å²) in [5.74, 6) is 1.14. The Morgan fingerprint density at radius 3 is 2.04 bits per heavy atom. The quantitative estimate of drug-likeness (QED) is 0.790. The number of rotatable bonds is 4. The highest BCUT2D eigenvalue weighted by Gasteiger charge is 2.39. The van der Waals surface area contributed by atoms with Gasteiger partial charge in [0, 0.05) is 45.7 Å². The molecule has 2 aliphatic heterocycles. The molecule has 0 spiro atoms. The molecule has 3 aliphatic rings. The van der Waals surface area contributed by atoms with Crippen molar-refractivity contribution in [3.63, 3.8) is 0 Å². The van der Waals surface area contributed by atoms with E-state index in [2.05, 4.69) is 9.80 Å². The first kappa shape index (κ1) is 17.7. The van der Waals surface area contributed by atoms with E-state index < -0.39 is 0 Å². The second-order valence-electron chi connectivity index (χ2n) is 7.65. The van der Waals surface area contributed by atoms with Crippen LogP contribution in [0.15, 0.2) is 0 Å². The van der Waals surface area contributed by atoms with Crippen LogP contribution < -0.4 is 0 Å². The average molecular weight is 335 g/mol. The van der Waals surface area contributed by atoms with Gasteiger partial charge in [0.2, 0.25) is 11.8 Å². The second-order valence-corrected chi connectivity index (χ2v) is 7.65. The highest BCUT2D eigenvalue weighted by atomic mass is 16.2. The summed E-state index contributed by atoms with van der Waals surface area (Å²) in [7, 11) is 0. The fourth-order valence-electron chi connectivity index (χ4n) is 4.70. The third-order valence-corrected chi connectivity index (χ3v) is 6.13. The lowest BCUT2D eigenvalue weighted by Crippen LogP contribution is -2.58. The first-order valence-corrected chi connectivity index (χ1v) is 10.0. The van der Waals surface area contributed by atoms with Crippen molar-refractivity contribution in [2.24, 2.45) is 5.92 Å². The monoisotopic (exact) mass is 335 g/mol. The van der Waals surface area contributed by atoms with Gasteiger partial charge >= 0.3 is 0 Å². The molecule has 0 N–H and O–H groups in total. The van der Waals surface area contributed by atoms with Gasteiger partial charge in [-0.3, -0.25) is 14.5 Å². The molecule has 0 aromatic rings. The standard InChI is InChI=1S/C19H33N3O2/c1-2-17(23)20-12-14-21(15-13-20)18(16-8-4-5-9-16)19(24)22-10-6-3-7-11-22/h16,18H,2-15H2,1H3. The van der Waals surface area contributed by atoms with Gasteiger partial charge in [-0.15, -0.1) is 0 Å². The van der Waals surface area contributed by atoms with E-state index in [0.717, 1.165) is 52.1 Å². The predicted molar refractivity (Wildman–Crippen MR) is 94.6 cm³/mol. The van der Waals surface area contributed by atoms with Crippen LogP contribution in [-0.2, 0) is 9.59 Å². The molecule has 2 amide bonds. The molecule has 0 bridgehead atoms. The number of piperazine rings is 1. The molecule has 1 saturated carbocycles. The first-order chi connectivity index (χ1) is 11.7. The van der Waals surface area contributed by atoms with Crippen molar-refractivity contribution in [3.8, 4) is 0 Å². The van der Waals surface area contributed by atoms with Gasteiger partial charge in [-0.1, -0.05) is 19.8 Å². The van der Waals surface area contributed by atoms with Crippen molar-refractivity contribution in [2.75, 3.05) is 39.3 Å². The van der Waals surface area contributed by atoms with Crippen molar-refractivity contribution >= 4 is 11.8 Å². The summed E-state index contributed by atoms with van der Waals surface area (Å²) >= 11 is 0. The zero-order valence-corrected chi connectivity index (χ0v) is 15.2. The van der Waals surface area contributed by atoms with Gasteiger partial charge in [-0.2, -0.15) is 0 Å². The lowest BCUT2D eigenvalue weighted by molar-refractivity contribution is -0.142. The van der Waals surface area contributed by atoms with E-state index in [9.17, 15) is 9.59 Å². The third-order valence-electron chi connectivity index (χ3n) is 6.13. The minimum absolute atomic E-state index is 0.0597. The normalized spacial score (nSPS) is 25.0. The number of nitrogens with zero attached hydrogens (tertiary/aromatic N) is 3. The van der Waals surface area contributed by atoms with Gasteiger partial charge in [0.15, 0.2) is 0 Å². The molecule has 3 rings (SSSR count). The molecule has 2 heterocycles. The zero-order chi connectivity index (χ0) is 16.9. The van der Waals surface area contributed by atoms with Gasteiger partial charge in [0.1, 0.15) is 0 Å². The van der Waals surface area contributed by atoms with Crippen molar-refractivity contribution < 1.29 is 9.59 Å². The molecule has 5 heteroatoms. The summed E-state index contributed by atoms with van der Waals surface area (Å²) in [6.45, 7) is 7.08. The van der Waals surface area contributed by atoms with Crippen molar-refractivity contribution in [2.45, 2.75) is 64.3 Å². The lowest BCUT2D eigenvalue weighted by Gasteiger charge is -2.43. The van der Waals surface area contributed by atoms with Crippen LogP contribution >= 0.6 is 0 Å². The average Bonchev–Trinajstić information content (AvgIpc) is 3.16. The van der Waals surface area contributed by atoms with Gasteiger partial charge in [0.05, 0.1) is 6.04 Å². The molecule has 1 atom stereocenters. The maximum absolute atomic E-state index is 13.3. The molecular weight excluding hydrogens is 302 g/mol. The molecular formula is C19H33N3O2. The van der Waals surface area contributed by atoms with E-state index in [-0.39, 0.29) is 11.9 Å². The van der Waals surface area contributed by atoms with Gasteiger partial charge < -0.3 is 9.80 Å². The molecule has 0 radical (unpaired) electrons. The van der Waals surface area contributed by atoms with E-state index in [4.69, 9.17) is 0 Å². The van der Waals surface area contributed by atoms with Crippen molar-refractivity contribution in [1.82, 2.24) is 14.7 Å². The molecule has 2 saturated heterocycles. The van der Waals surface area contributed by atoms with Crippen molar-refractivity contribution in [1.29, 1.82) is 0 Å². The van der Waals surface area contributed by atoms with Crippen molar-refractivity contribution in [3.05, 3.63) is 0 Å². The number of carbonyl (C=O) groups is 2. The van der Waals surface area contributed by atoms with E-state index in [1.807, 2.05) is 11.8 Å². The van der Waals surface area contributed by atoms with Crippen LogP contribution in [-0.4, -0.2) is 71.8 Å². The minimum Gasteiger partial charge on any atom is -0.341 e. The summed E-state index contributed by atoms with van der Waals surface area (Å²) in [5, 5.41) is 0. The number of hydrogen-bond acceptors (Lipinski definition) is 3. The molecule has 0 aromatic carbocycles. The number of likely N-dealkylation sites (tertiary alicyclic amines) is 1. The Labute approximate surface area is 146 Å².